The molecule has 0 spiro atoms. The summed E-state index contributed by atoms with van der Waals surface area (Å²) in [5.74, 6) is -0.225. The highest BCUT2D eigenvalue weighted by atomic mass is 35.5. The van der Waals surface area contributed by atoms with E-state index in [9.17, 15) is 14.4 Å². The SMILES string of the molecule is CNC(=O)c1ccc(C=CC(=O)NCCN(C)C(=O)c2ccc(Cl)c(COc3cccc4ccc(C)nc34)c2Cl)cc1. The Balaban J connectivity index is 1.34. The zero-order valence-corrected chi connectivity index (χ0v) is 24.9. The van der Waals surface area contributed by atoms with E-state index in [2.05, 4.69) is 15.6 Å². The van der Waals surface area contributed by atoms with E-state index in [-0.39, 0.29) is 48.0 Å². The molecular weight excluding hydrogens is 575 g/mol. The number of para-hydroxylation sites is 1. The van der Waals surface area contributed by atoms with Crippen LogP contribution >= 0.6 is 23.2 Å². The third kappa shape index (κ3) is 7.46. The maximum atomic E-state index is 13.2. The van der Waals surface area contributed by atoms with Crippen LogP contribution in [0.2, 0.25) is 10.0 Å². The van der Waals surface area contributed by atoms with Crippen LogP contribution in [0.4, 0.5) is 0 Å². The number of aryl methyl sites for hydroxylation is 1. The highest BCUT2D eigenvalue weighted by molar-refractivity contribution is 6.38. The number of amides is 3. The molecule has 0 fully saturated rings. The standard InChI is InChI=1S/C32H30Cl2N4O4/c1-20-7-11-22-5-4-6-27(30(22)37-20)42-19-25-26(33)15-14-24(29(25)34)32(41)38(3)18-17-36-28(39)16-10-21-8-12-23(13-9-21)31(40)35-2/h4-16H,17-19H2,1-3H3,(H,35,40)(H,36,39). The summed E-state index contributed by atoms with van der Waals surface area (Å²) >= 11 is 13.1. The van der Waals surface area contributed by atoms with Crippen LogP contribution in [-0.4, -0.2) is 54.8 Å². The fraction of sp³-hybridized carbons (Fsp3) is 0.188. The lowest BCUT2D eigenvalue weighted by Gasteiger charge is -2.19. The Hall–Kier alpha value is -4.40. The van der Waals surface area contributed by atoms with E-state index in [1.807, 2.05) is 37.3 Å². The van der Waals surface area contributed by atoms with Crippen LogP contribution in [0.5, 0.6) is 5.75 Å². The number of carbonyl (C=O) groups excluding carboxylic acids is 3. The molecule has 0 radical (unpaired) electrons. The smallest absolute Gasteiger partial charge is 0.255 e. The predicted octanol–water partition coefficient (Wildman–Crippen LogP) is 5.69. The average Bonchev–Trinajstić information content (AvgIpc) is 2.99. The molecule has 4 rings (SSSR count). The lowest BCUT2D eigenvalue weighted by Crippen LogP contribution is -2.35. The Morgan fingerprint density at radius 3 is 2.50 bits per heavy atom. The van der Waals surface area contributed by atoms with Crippen molar-refractivity contribution in [2.75, 3.05) is 27.2 Å². The van der Waals surface area contributed by atoms with Gasteiger partial charge in [0.15, 0.2) is 0 Å². The minimum Gasteiger partial charge on any atom is -0.487 e. The van der Waals surface area contributed by atoms with E-state index in [0.29, 0.717) is 21.9 Å². The van der Waals surface area contributed by atoms with Gasteiger partial charge >= 0.3 is 0 Å². The second kappa shape index (κ2) is 14.0. The number of nitrogens with zero attached hydrogens (tertiary/aromatic N) is 2. The maximum Gasteiger partial charge on any atom is 0.255 e. The Kier molecular flexibility index (Phi) is 10.2. The Bertz CT molecular complexity index is 1650. The van der Waals surface area contributed by atoms with E-state index in [1.54, 1.807) is 56.6 Å². The Morgan fingerprint density at radius 2 is 1.76 bits per heavy atom. The largest absolute Gasteiger partial charge is 0.487 e. The third-order valence-electron chi connectivity index (χ3n) is 6.53. The minimum absolute atomic E-state index is 0.0498. The van der Waals surface area contributed by atoms with Gasteiger partial charge in [-0.1, -0.05) is 53.5 Å². The van der Waals surface area contributed by atoms with Gasteiger partial charge in [0.25, 0.3) is 11.8 Å². The Labute approximate surface area is 254 Å². The van der Waals surface area contributed by atoms with Crippen LogP contribution < -0.4 is 15.4 Å². The zero-order valence-electron chi connectivity index (χ0n) is 23.4. The maximum absolute atomic E-state index is 13.2. The Morgan fingerprint density at radius 1 is 1.00 bits per heavy atom. The van der Waals surface area contributed by atoms with Gasteiger partial charge in [-0.25, -0.2) is 4.98 Å². The summed E-state index contributed by atoms with van der Waals surface area (Å²) in [4.78, 5) is 43.2. The van der Waals surface area contributed by atoms with Crippen LogP contribution in [0.25, 0.3) is 17.0 Å². The van der Waals surface area contributed by atoms with Gasteiger partial charge in [-0.2, -0.15) is 0 Å². The lowest BCUT2D eigenvalue weighted by atomic mass is 10.1. The number of ether oxygens (including phenoxy) is 1. The molecular formula is C32H30Cl2N4O4. The van der Waals surface area contributed by atoms with E-state index < -0.39 is 0 Å². The number of benzene rings is 3. The molecule has 1 heterocycles. The molecule has 216 valence electrons. The van der Waals surface area contributed by atoms with Crippen molar-refractivity contribution in [2.24, 2.45) is 0 Å². The van der Waals surface area contributed by atoms with E-state index in [0.717, 1.165) is 22.2 Å². The molecule has 3 amide bonds. The molecule has 0 saturated carbocycles. The number of rotatable bonds is 10. The highest BCUT2D eigenvalue weighted by Gasteiger charge is 2.20. The van der Waals surface area contributed by atoms with Gasteiger partial charge in [-0.05, 0) is 55.0 Å². The zero-order chi connectivity index (χ0) is 30.2. The number of pyridine rings is 1. The van der Waals surface area contributed by atoms with Gasteiger partial charge in [-0.15, -0.1) is 0 Å². The number of likely N-dealkylation sites (N-methyl/N-ethyl adjacent to an activating group) is 1. The van der Waals surface area contributed by atoms with Crippen LogP contribution in [-0.2, 0) is 11.4 Å². The lowest BCUT2D eigenvalue weighted by molar-refractivity contribution is -0.116. The second-order valence-corrected chi connectivity index (χ2v) is 10.3. The first kappa shape index (κ1) is 30.6. The van der Waals surface area contributed by atoms with Crippen molar-refractivity contribution in [1.29, 1.82) is 0 Å². The van der Waals surface area contributed by atoms with Crippen molar-refractivity contribution in [1.82, 2.24) is 20.5 Å². The fourth-order valence-corrected chi connectivity index (χ4v) is 4.71. The summed E-state index contributed by atoms with van der Waals surface area (Å²) in [5, 5.41) is 6.85. The van der Waals surface area contributed by atoms with Crippen LogP contribution in [0.15, 0.2) is 72.8 Å². The molecule has 2 N–H and O–H groups in total. The number of halogens is 2. The fourth-order valence-electron chi connectivity index (χ4n) is 4.15. The molecule has 0 aliphatic heterocycles. The van der Waals surface area contributed by atoms with E-state index >= 15 is 0 Å². The molecule has 0 bridgehead atoms. The molecule has 42 heavy (non-hydrogen) atoms. The summed E-state index contributed by atoms with van der Waals surface area (Å²) in [6.45, 7) is 2.45. The first-order valence-corrected chi connectivity index (χ1v) is 13.9. The highest BCUT2D eigenvalue weighted by Crippen LogP contribution is 2.31. The van der Waals surface area contributed by atoms with Crippen LogP contribution in [0.1, 0.15) is 37.5 Å². The molecule has 0 saturated heterocycles. The van der Waals surface area contributed by atoms with Crippen molar-refractivity contribution in [3.63, 3.8) is 0 Å². The van der Waals surface area contributed by atoms with Crippen LogP contribution in [0.3, 0.4) is 0 Å². The number of nitrogens with one attached hydrogen (secondary N) is 2. The molecule has 0 atom stereocenters. The number of carbonyl (C=O) groups is 3. The molecule has 8 nitrogen and oxygen atoms in total. The quantitative estimate of drug-likeness (QED) is 0.226. The molecule has 0 unspecified atom stereocenters. The molecule has 0 aliphatic carbocycles. The normalized spacial score (nSPS) is 11.0. The first-order valence-electron chi connectivity index (χ1n) is 13.2. The number of aromatic nitrogens is 1. The summed E-state index contributed by atoms with van der Waals surface area (Å²) in [6, 6.07) is 19.6. The summed E-state index contributed by atoms with van der Waals surface area (Å²) in [6.07, 6.45) is 3.04. The number of hydrogen-bond acceptors (Lipinski definition) is 5. The van der Waals surface area contributed by atoms with Gasteiger partial charge < -0.3 is 20.3 Å². The molecule has 0 aliphatic rings. The van der Waals surface area contributed by atoms with Crippen molar-refractivity contribution in [3.05, 3.63) is 111 Å². The minimum atomic E-state index is -0.318. The molecule has 4 aromatic rings. The van der Waals surface area contributed by atoms with Crippen molar-refractivity contribution < 1.29 is 19.1 Å². The monoisotopic (exact) mass is 604 g/mol. The predicted molar refractivity (Wildman–Crippen MR) is 166 cm³/mol. The van der Waals surface area contributed by atoms with Gasteiger partial charge in [0, 0.05) is 60.5 Å². The average molecular weight is 606 g/mol. The van der Waals surface area contributed by atoms with E-state index in [4.69, 9.17) is 27.9 Å². The topological polar surface area (TPSA) is 101 Å². The van der Waals surface area contributed by atoms with Crippen molar-refractivity contribution in [2.45, 2.75) is 13.5 Å². The molecule has 1 aromatic heterocycles. The van der Waals surface area contributed by atoms with Gasteiger partial charge in [0.1, 0.15) is 17.9 Å². The molecule has 3 aromatic carbocycles. The van der Waals surface area contributed by atoms with Gasteiger partial charge in [-0.3, -0.25) is 14.4 Å². The third-order valence-corrected chi connectivity index (χ3v) is 7.32. The second-order valence-electron chi connectivity index (χ2n) is 9.51. The molecule has 10 heteroatoms. The van der Waals surface area contributed by atoms with Crippen LogP contribution in [0, 0.1) is 6.92 Å². The van der Waals surface area contributed by atoms with Crippen molar-refractivity contribution >= 4 is 57.9 Å². The summed E-state index contributed by atoms with van der Waals surface area (Å²) < 4.78 is 6.06. The summed E-state index contributed by atoms with van der Waals surface area (Å²) in [7, 11) is 3.19. The number of hydrogen-bond donors (Lipinski definition) is 2. The van der Waals surface area contributed by atoms with Gasteiger partial charge in [0.2, 0.25) is 5.91 Å². The van der Waals surface area contributed by atoms with E-state index in [1.165, 1.54) is 11.0 Å². The summed E-state index contributed by atoms with van der Waals surface area (Å²) in [5.41, 5.74) is 3.67. The first-order chi connectivity index (χ1) is 20.2. The number of fused-ring (bicyclic) bond motifs is 1. The van der Waals surface area contributed by atoms with Gasteiger partial charge in [0.05, 0.1) is 10.6 Å². The van der Waals surface area contributed by atoms with Crippen molar-refractivity contribution in [3.8, 4) is 5.75 Å².